The Morgan fingerprint density at radius 1 is 1.19 bits per heavy atom. The van der Waals surface area contributed by atoms with E-state index in [1.54, 1.807) is 0 Å². The van der Waals surface area contributed by atoms with Gasteiger partial charge in [0.2, 0.25) is 0 Å². The third kappa shape index (κ3) is 3.96. The highest BCUT2D eigenvalue weighted by Gasteiger charge is 2.39. The average molecular weight is 295 g/mol. The third-order valence-electron chi connectivity index (χ3n) is 5.13. The molecule has 1 saturated heterocycles. The minimum Gasteiger partial charge on any atom is -0.468 e. The summed E-state index contributed by atoms with van der Waals surface area (Å²) in [6, 6.07) is 1.39. The molecule has 0 spiro atoms. The van der Waals surface area contributed by atoms with Crippen molar-refractivity contribution in [2.45, 2.75) is 56.7 Å². The fourth-order valence-corrected chi connectivity index (χ4v) is 3.31. The van der Waals surface area contributed by atoms with Gasteiger partial charge in [-0.05, 0) is 39.0 Å². The number of esters is 1. The standard InChI is InChI=1S/C16H29N3O2/c1-16(15(20)21-2,17-13-3-4-13)7-8-18-9-11-19(12-10-18)14-5-6-14/h13-14,17H,3-12H2,1-2H3. The first-order valence-electron chi connectivity index (χ1n) is 8.43. The Hall–Kier alpha value is -0.650. The monoisotopic (exact) mass is 295 g/mol. The lowest BCUT2D eigenvalue weighted by molar-refractivity contribution is -0.148. The van der Waals surface area contributed by atoms with Crippen LogP contribution in [0.1, 0.15) is 39.0 Å². The highest BCUT2D eigenvalue weighted by molar-refractivity contribution is 5.80. The fourth-order valence-electron chi connectivity index (χ4n) is 3.31. The fraction of sp³-hybridized carbons (Fsp3) is 0.938. The highest BCUT2D eigenvalue weighted by Crippen LogP contribution is 2.28. The molecule has 1 N–H and O–H groups in total. The number of piperazine rings is 1. The van der Waals surface area contributed by atoms with E-state index in [4.69, 9.17) is 4.74 Å². The van der Waals surface area contributed by atoms with Crippen molar-refractivity contribution in [3.8, 4) is 0 Å². The molecule has 120 valence electrons. The van der Waals surface area contributed by atoms with Gasteiger partial charge in [-0.25, -0.2) is 0 Å². The van der Waals surface area contributed by atoms with Crippen molar-refractivity contribution in [1.82, 2.24) is 15.1 Å². The minimum absolute atomic E-state index is 0.119. The number of hydrogen-bond acceptors (Lipinski definition) is 5. The van der Waals surface area contributed by atoms with Crippen LogP contribution in [0.2, 0.25) is 0 Å². The lowest BCUT2D eigenvalue weighted by atomic mass is 9.97. The zero-order valence-corrected chi connectivity index (χ0v) is 13.4. The molecule has 0 aromatic heterocycles. The van der Waals surface area contributed by atoms with Crippen LogP contribution >= 0.6 is 0 Å². The van der Waals surface area contributed by atoms with Crippen molar-refractivity contribution in [2.24, 2.45) is 0 Å². The van der Waals surface area contributed by atoms with Gasteiger partial charge >= 0.3 is 5.97 Å². The van der Waals surface area contributed by atoms with Gasteiger partial charge in [0.25, 0.3) is 0 Å². The maximum atomic E-state index is 12.1. The summed E-state index contributed by atoms with van der Waals surface area (Å²) in [6.45, 7) is 7.63. The summed E-state index contributed by atoms with van der Waals surface area (Å²) in [5, 5.41) is 3.48. The molecular weight excluding hydrogens is 266 g/mol. The molecule has 1 unspecified atom stereocenters. The van der Waals surface area contributed by atoms with E-state index < -0.39 is 5.54 Å². The quantitative estimate of drug-likeness (QED) is 0.705. The topological polar surface area (TPSA) is 44.8 Å². The van der Waals surface area contributed by atoms with Gasteiger partial charge in [0, 0.05) is 44.8 Å². The first-order chi connectivity index (χ1) is 10.1. The number of methoxy groups -OCH3 is 1. The second kappa shape index (κ2) is 6.23. The van der Waals surface area contributed by atoms with Crippen molar-refractivity contribution in [2.75, 3.05) is 39.8 Å². The molecule has 5 heteroatoms. The van der Waals surface area contributed by atoms with Gasteiger partial charge in [0.05, 0.1) is 7.11 Å². The van der Waals surface area contributed by atoms with Crippen molar-refractivity contribution in [3.63, 3.8) is 0 Å². The largest absolute Gasteiger partial charge is 0.468 e. The van der Waals surface area contributed by atoms with Crippen LogP contribution in [0.15, 0.2) is 0 Å². The highest BCUT2D eigenvalue weighted by atomic mass is 16.5. The van der Waals surface area contributed by atoms with Gasteiger partial charge in [-0.15, -0.1) is 0 Å². The van der Waals surface area contributed by atoms with Gasteiger partial charge in [0.15, 0.2) is 0 Å². The van der Waals surface area contributed by atoms with Gasteiger partial charge < -0.3 is 9.64 Å². The van der Waals surface area contributed by atoms with Crippen LogP contribution in [-0.4, -0.2) is 73.2 Å². The molecule has 0 aromatic carbocycles. The summed E-state index contributed by atoms with van der Waals surface area (Å²) < 4.78 is 5.01. The molecule has 2 aliphatic carbocycles. The molecule has 0 bridgehead atoms. The summed E-state index contributed by atoms with van der Waals surface area (Å²) in [6.07, 6.45) is 6.00. The number of nitrogens with zero attached hydrogens (tertiary/aromatic N) is 2. The number of hydrogen-bond donors (Lipinski definition) is 1. The summed E-state index contributed by atoms with van der Waals surface area (Å²) in [5.74, 6) is -0.119. The first-order valence-corrected chi connectivity index (χ1v) is 8.43. The molecule has 5 nitrogen and oxygen atoms in total. The van der Waals surface area contributed by atoms with E-state index in [9.17, 15) is 4.79 Å². The Morgan fingerprint density at radius 3 is 2.38 bits per heavy atom. The SMILES string of the molecule is COC(=O)C(C)(CCN1CCN(C2CC2)CC1)NC1CC1. The normalized spacial score (nSPS) is 27.3. The van der Waals surface area contributed by atoms with Crippen molar-refractivity contribution in [3.05, 3.63) is 0 Å². The molecule has 1 atom stereocenters. The Morgan fingerprint density at radius 2 is 1.86 bits per heavy atom. The summed E-state index contributed by atoms with van der Waals surface area (Å²) in [4.78, 5) is 17.2. The smallest absolute Gasteiger partial charge is 0.325 e. The van der Waals surface area contributed by atoms with Crippen molar-refractivity contribution in [1.29, 1.82) is 0 Å². The molecule has 3 rings (SSSR count). The van der Waals surface area contributed by atoms with Gasteiger partial charge in [-0.3, -0.25) is 15.0 Å². The molecule has 0 radical (unpaired) electrons. The third-order valence-corrected chi connectivity index (χ3v) is 5.13. The van der Waals surface area contributed by atoms with Crippen LogP contribution in [0.3, 0.4) is 0 Å². The van der Waals surface area contributed by atoms with E-state index in [1.807, 2.05) is 6.92 Å². The van der Waals surface area contributed by atoms with Crippen LogP contribution in [0.25, 0.3) is 0 Å². The van der Waals surface area contributed by atoms with Crippen LogP contribution in [-0.2, 0) is 9.53 Å². The van der Waals surface area contributed by atoms with E-state index in [0.29, 0.717) is 6.04 Å². The predicted molar refractivity (Wildman–Crippen MR) is 82.2 cm³/mol. The predicted octanol–water partition coefficient (Wildman–Crippen LogP) is 0.840. The Labute approximate surface area is 128 Å². The molecular formula is C16H29N3O2. The molecule has 0 aromatic rings. The van der Waals surface area contributed by atoms with E-state index in [1.165, 1.54) is 45.9 Å². The molecule has 21 heavy (non-hydrogen) atoms. The Balaban J connectivity index is 1.46. The van der Waals surface area contributed by atoms with Gasteiger partial charge in [0.1, 0.15) is 5.54 Å². The second-order valence-electron chi connectivity index (χ2n) is 7.10. The summed E-state index contributed by atoms with van der Waals surface area (Å²) >= 11 is 0. The second-order valence-corrected chi connectivity index (χ2v) is 7.10. The number of nitrogens with one attached hydrogen (secondary N) is 1. The van der Waals surface area contributed by atoms with Crippen molar-refractivity contribution >= 4 is 5.97 Å². The van der Waals surface area contributed by atoms with E-state index >= 15 is 0 Å². The van der Waals surface area contributed by atoms with Crippen LogP contribution < -0.4 is 5.32 Å². The first kappa shape index (κ1) is 15.3. The number of ether oxygens (including phenoxy) is 1. The van der Waals surface area contributed by atoms with Gasteiger partial charge in [-0.2, -0.15) is 0 Å². The summed E-state index contributed by atoms with van der Waals surface area (Å²) in [7, 11) is 1.49. The zero-order chi connectivity index (χ0) is 14.9. The Kier molecular flexibility index (Phi) is 4.52. The molecule has 0 amide bonds. The van der Waals surface area contributed by atoms with E-state index in [2.05, 4.69) is 15.1 Å². The number of carbonyl (C=O) groups is 1. The van der Waals surface area contributed by atoms with E-state index in [-0.39, 0.29) is 5.97 Å². The van der Waals surface area contributed by atoms with Crippen LogP contribution in [0.4, 0.5) is 0 Å². The number of carbonyl (C=O) groups excluding carboxylic acids is 1. The number of rotatable bonds is 7. The van der Waals surface area contributed by atoms with Crippen LogP contribution in [0, 0.1) is 0 Å². The Bertz CT molecular complexity index is 374. The molecule has 1 aliphatic heterocycles. The van der Waals surface area contributed by atoms with E-state index in [0.717, 1.165) is 32.1 Å². The molecule has 1 heterocycles. The zero-order valence-electron chi connectivity index (χ0n) is 13.4. The maximum Gasteiger partial charge on any atom is 0.325 e. The molecule has 2 saturated carbocycles. The lowest BCUT2D eigenvalue weighted by Gasteiger charge is -2.37. The van der Waals surface area contributed by atoms with Crippen molar-refractivity contribution < 1.29 is 9.53 Å². The average Bonchev–Trinajstić information content (AvgIpc) is 3.37. The lowest BCUT2D eigenvalue weighted by Crippen LogP contribution is -2.54. The van der Waals surface area contributed by atoms with Gasteiger partial charge in [-0.1, -0.05) is 0 Å². The summed E-state index contributed by atoms with van der Waals surface area (Å²) in [5.41, 5.74) is -0.524. The maximum absolute atomic E-state index is 12.1. The minimum atomic E-state index is -0.524. The molecule has 3 aliphatic rings. The van der Waals surface area contributed by atoms with Crippen LogP contribution in [0.5, 0.6) is 0 Å². The molecule has 3 fully saturated rings.